The van der Waals surface area contributed by atoms with Gasteiger partial charge in [-0.05, 0) is 109 Å². The quantitative estimate of drug-likeness (QED) is 0.0195. The van der Waals surface area contributed by atoms with Crippen molar-refractivity contribution < 1.29 is 42.9 Å². The lowest BCUT2D eigenvalue weighted by Gasteiger charge is -2.26. The van der Waals surface area contributed by atoms with E-state index in [0.717, 1.165) is 109 Å². The third-order valence-electron chi connectivity index (χ3n) is 14.2. The average Bonchev–Trinajstić information content (AvgIpc) is 3.46. The molecule has 0 radical (unpaired) electrons. The number of carbonyl (C=O) groups is 3. The zero-order valence-corrected chi connectivity index (χ0v) is 54.0. The van der Waals surface area contributed by atoms with Gasteiger partial charge in [-0.1, -0.05) is 270 Å². The molecule has 0 spiro atoms. The second-order valence-corrected chi connectivity index (χ2v) is 23.4. The number of quaternary nitrogens is 1. The first-order chi connectivity index (χ1) is 40.6. The van der Waals surface area contributed by atoms with Gasteiger partial charge in [0.1, 0.15) is 13.2 Å². The number of hydrogen-bond acceptors (Lipinski definition) is 8. The summed E-state index contributed by atoms with van der Waals surface area (Å²) < 4.78 is 22.7. The number of likely N-dealkylation sites (N-methyl/N-ethyl adjacent to an activating group) is 1. The molecule has 0 fully saturated rings. The molecule has 0 rings (SSSR count). The summed E-state index contributed by atoms with van der Waals surface area (Å²) in [7, 11) is 5.92. The van der Waals surface area contributed by atoms with E-state index in [9.17, 15) is 19.5 Å². The van der Waals surface area contributed by atoms with Gasteiger partial charge in [-0.2, -0.15) is 0 Å². The van der Waals surface area contributed by atoms with Crippen LogP contribution in [0.4, 0.5) is 0 Å². The van der Waals surface area contributed by atoms with E-state index in [1.165, 1.54) is 128 Å². The van der Waals surface area contributed by atoms with E-state index >= 15 is 0 Å². The first-order valence-electron chi connectivity index (χ1n) is 33.7. The van der Waals surface area contributed by atoms with Crippen LogP contribution in [-0.4, -0.2) is 82.3 Å². The number of rotatable bonds is 61. The van der Waals surface area contributed by atoms with Crippen molar-refractivity contribution in [3.05, 3.63) is 122 Å². The van der Waals surface area contributed by atoms with Crippen molar-refractivity contribution >= 4 is 17.9 Å². The summed E-state index contributed by atoms with van der Waals surface area (Å²) in [5.41, 5.74) is 0. The maximum Gasteiger partial charge on any atom is 0.306 e. The molecule has 0 aliphatic carbocycles. The van der Waals surface area contributed by atoms with E-state index in [2.05, 4.69) is 135 Å². The molecule has 0 heterocycles. The monoisotopic (exact) mass is 1160 g/mol. The number of esters is 2. The third-order valence-corrected chi connectivity index (χ3v) is 14.2. The van der Waals surface area contributed by atoms with Crippen LogP contribution >= 0.6 is 0 Å². The molecule has 474 valence electrons. The lowest BCUT2D eigenvalue weighted by molar-refractivity contribution is -0.870. The van der Waals surface area contributed by atoms with E-state index < -0.39 is 24.3 Å². The highest BCUT2D eigenvalue weighted by Crippen LogP contribution is 2.16. The van der Waals surface area contributed by atoms with Gasteiger partial charge in [0.2, 0.25) is 0 Å². The zero-order chi connectivity index (χ0) is 60.5. The number of unbranched alkanes of at least 4 members (excludes halogenated alkanes) is 26. The molecule has 9 nitrogen and oxygen atoms in total. The van der Waals surface area contributed by atoms with Crippen molar-refractivity contribution in [3.63, 3.8) is 0 Å². The van der Waals surface area contributed by atoms with Crippen LogP contribution in [0.1, 0.15) is 271 Å². The van der Waals surface area contributed by atoms with Crippen molar-refractivity contribution in [1.82, 2.24) is 0 Å². The Hall–Kier alpha value is -4.31. The number of carboxylic acids is 1. The standard InChI is InChI=1S/C74H125NO8/c1-6-8-10-12-14-16-18-20-22-24-25-26-27-28-29-30-31-32-33-34-35-36-37-38-39-40-41-42-43-44-45-46-47-49-51-53-55-57-59-61-63-65-72(77)83-70(69-82-74(73(78)79)80-67-66-75(3,4)5)68-81-71(76)64-62-60-58-56-54-52-50-48-23-21-19-17-15-13-11-9-7-2/h8,10,14-17,20-23,25-26,28-29,31-32,34-35,37-38,70,74H,6-7,9,11-13,18-19,24,27,30,33,36,39-69H2,1-5H3/b10-8-,16-14-,17-15-,22-20-,23-21-,26-25-,29-28-,32-31-,35-34-,38-37-. The zero-order valence-electron chi connectivity index (χ0n) is 54.0. The minimum atomic E-state index is -1.63. The first kappa shape index (κ1) is 78.7. The molecule has 0 aromatic rings. The Kier molecular flexibility index (Phi) is 60.4. The number of hydrogen-bond donors (Lipinski definition) is 0. The summed E-state index contributed by atoms with van der Waals surface area (Å²) in [6, 6.07) is 0. The van der Waals surface area contributed by atoms with Crippen LogP contribution in [0.2, 0.25) is 0 Å². The summed E-state index contributed by atoms with van der Waals surface area (Å²) in [6.45, 7) is 4.60. The molecule has 0 N–H and O–H groups in total. The molecule has 0 aliphatic heterocycles. The summed E-state index contributed by atoms with van der Waals surface area (Å²) >= 11 is 0. The molecule has 2 atom stereocenters. The van der Waals surface area contributed by atoms with Crippen molar-refractivity contribution in [2.45, 2.75) is 283 Å². The van der Waals surface area contributed by atoms with Gasteiger partial charge in [0.25, 0.3) is 0 Å². The summed E-state index contributed by atoms with van der Waals surface area (Å²) in [4.78, 5) is 37.4. The summed E-state index contributed by atoms with van der Waals surface area (Å²) in [6.07, 6.45) is 87.0. The fraction of sp³-hybridized carbons (Fsp3) is 0.689. The smallest absolute Gasteiger partial charge is 0.306 e. The van der Waals surface area contributed by atoms with Gasteiger partial charge in [0, 0.05) is 12.8 Å². The molecule has 0 saturated heterocycles. The summed E-state index contributed by atoms with van der Waals surface area (Å²) in [5, 5.41) is 11.8. The van der Waals surface area contributed by atoms with Crippen LogP contribution in [0.3, 0.4) is 0 Å². The summed E-state index contributed by atoms with van der Waals surface area (Å²) in [5.74, 6) is -2.29. The Morgan fingerprint density at radius 2 is 0.687 bits per heavy atom. The molecule has 0 bridgehead atoms. The third kappa shape index (κ3) is 65.1. The number of ether oxygens (including phenoxy) is 4. The van der Waals surface area contributed by atoms with Gasteiger partial charge in [-0.15, -0.1) is 0 Å². The largest absolute Gasteiger partial charge is 0.545 e. The number of allylic oxidation sites excluding steroid dienone is 20. The predicted molar refractivity (Wildman–Crippen MR) is 352 cm³/mol. The van der Waals surface area contributed by atoms with Gasteiger partial charge in [-0.3, -0.25) is 9.59 Å². The molecular weight excluding hydrogens is 1030 g/mol. The SMILES string of the molecule is CC/C=C\C/C=C\C/C=C\C/C=C\C/C=C\C/C=C\C/C=C\C/C=C\CCCCCCCCCCCCCCCCCCC(=O)OC(COC(=O)CCCCCCCCC/C=C\C/C=C\CCCCC)COC(OCC[N+](C)(C)C)C(=O)[O-]. The van der Waals surface area contributed by atoms with Crippen molar-refractivity contribution in [3.8, 4) is 0 Å². The van der Waals surface area contributed by atoms with Gasteiger partial charge in [-0.25, -0.2) is 0 Å². The van der Waals surface area contributed by atoms with E-state index in [1.54, 1.807) is 0 Å². The lowest BCUT2D eigenvalue weighted by Crippen LogP contribution is -2.44. The number of nitrogens with zero attached hydrogens (tertiary/aromatic N) is 1. The fourth-order valence-electron chi connectivity index (χ4n) is 9.05. The topological polar surface area (TPSA) is 111 Å². The fourth-order valence-corrected chi connectivity index (χ4v) is 9.05. The Balaban J connectivity index is 4.06. The molecule has 0 aromatic heterocycles. The highest BCUT2D eigenvalue weighted by molar-refractivity contribution is 5.70. The highest BCUT2D eigenvalue weighted by atomic mass is 16.7. The average molecular weight is 1160 g/mol. The van der Waals surface area contributed by atoms with E-state index in [1.807, 2.05) is 21.1 Å². The van der Waals surface area contributed by atoms with Crippen molar-refractivity contribution in [2.75, 3.05) is 47.5 Å². The maximum atomic E-state index is 12.9. The van der Waals surface area contributed by atoms with Crippen LogP contribution in [0.25, 0.3) is 0 Å². The van der Waals surface area contributed by atoms with Crippen molar-refractivity contribution in [2.24, 2.45) is 0 Å². The van der Waals surface area contributed by atoms with Crippen molar-refractivity contribution in [1.29, 1.82) is 0 Å². The molecule has 0 aromatic carbocycles. The van der Waals surface area contributed by atoms with Crippen LogP contribution < -0.4 is 5.11 Å². The van der Waals surface area contributed by atoms with Gasteiger partial charge in [0.15, 0.2) is 12.4 Å². The van der Waals surface area contributed by atoms with E-state index in [4.69, 9.17) is 18.9 Å². The first-order valence-corrected chi connectivity index (χ1v) is 33.7. The highest BCUT2D eigenvalue weighted by Gasteiger charge is 2.22. The van der Waals surface area contributed by atoms with Crippen LogP contribution in [0.5, 0.6) is 0 Å². The molecule has 0 aliphatic rings. The second kappa shape index (κ2) is 63.7. The van der Waals surface area contributed by atoms with Gasteiger partial charge in [0.05, 0.1) is 40.3 Å². The number of aliphatic carboxylic acids is 1. The Morgan fingerprint density at radius 3 is 1.02 bits per heavy atom. The van der Waals surface area contributed by atoms with Crippen LogP contribution in [-0.2, 0) is 33.3 Å². The Morgan fingerprint density at radius 1 is 0.373 bits per heavy atom. The molecule has 9 heteroatoms. The van der Waals surface area contributed by atoms with Gasteiger partial charge >= 0.3 is 11.9 Å². The second-order valence-electron chi connectivity index (χ2n) is 23.4. The maximum absolute atomic E-state index is 12.9. The normalized spacial score (nSPS) is 13.5. The molecule has 83 heavy (non-hydrogen) atoms. The molecule has 0 amide bonds. The van der Waals surface area contributed by atoms with Gasteiger partial charge < -0.3 is 33.3 Å². The molecular formula is C74H125NO8. The van der Waals surface area contributed by atoms with Crippen LogP contribution in [0, 0.1) is 0 Å². The van der Waals surface area contributed by atoms with Crippen LogP contribution in [0.15, 0.2) is 122 Å². The lowest BCUT2D eigenvalue weighted by atomic mass is 10.0. The minimum Gasteiger partial charge on any atom is -0.545 e. The number of carboxylic acid groups (broad SMARTS) is 1. The number of carbonyl (C=O) groups excluding carboxylic acids is 3. The predicted octanol–water partition coefficient (Wildman–Crippen LogP) is 19.5. The Bertz CT molecular complexity index is 1780. The molecule has 2 unspecified atom stereocenters. The minimum absolute atomic E-state index is 0.143. The van der Waals surface area contributed by atoms with E-state index in [0.29, 0.717) is 17.4 Å². The Labute approximate surface area is 510 Å². The van der Waals surface area contributed by atoms with E-state index in [-0.39, 0.29) is 38.6 Å². The molecule has 0 saturated carbocycles.